The van der Waals surface area contributed by atoms with E-state index in [1.807, 2.05) is 19.3 Å². The largest absolute Gasteiger partial charge is 0.493 e. The minimum absolute atomic E-state index is 0.271. The van der Waals surface area contributed by atoms with Gasteiger partial charge in [-0.2, -0.15) is 5.10 Å². The van der Waals surface area contributed by atoms with E-state index in [4.69, 9.17) is 15.5 Å². The van der Waals surface area contributed by atoms with Crippen LogP contribution in [0.1, 0.15) is 62.6 Å². The SMILES string of the molecule is COc1cc(-c2[nH]c3ccc(C4CCC(N(C)CC(N)=O)CC4)nc3c2C(C)C)cn2ncnc12. The van der Waals surface area contributed by atoms with Crippen LogP contribution in [-0.4, -0.2) is 62.1 Å². The molecule has 4 heterocycles. The molecule has 0 radical (unpaired) electrons. The van der Waals surface area contributed by atoms with Gasteiger partial charge in [0.05, 0.1) is 30.4 Å². The summed E-state index contributed by atoms with van der Waals surface area (Å²) in [4.78, 5) is 26.5. The Kier molecular flexibility index (Phi) is 6.19. The fourth-order valence-electron chi connectivity index (χ4n) is 5.49. The zero-order valence-electron chi connectivity index (χ0n) is 20.8. The smallest absolute Gasteiger partial charge is 0.231 e. The zero-order valence-corrected chi connectivity index (χ0v) is 20.8. The fourth-order valence-corrected chi connectivity index (χ4v) is 5.49. The molecule has 9 nitrogen and oxygen atoms in total. The van der Waals surface area contributed by atoms with Crippen LogP contribution in [0.5, 0.6) is 5.75 Å². The third-order valence-electron chi connectivity index (χ3n) is 7.27. The maximum Gasteiger partial charge on any atom is 0.231 e. The lowest BCUT2D eigenvalue weighted by atomic mass is 9.83. The monoisotopic (exact) mass is 475 g/mol. The number of carbonyl (C=O) groups is 1. The fraction of sp³-hybridized carbons (Fsp3) is 0.462. The predicted octanol–water partition coefficient (Wildman–Crippen LogP) is 3.85. The summed E-state index contributed by atoms with van der Waals surface area (Å²) < 4.78 is 7.33. The van der Waals surface area contributed by atoms with E-state index in [1.165, 1.54) is 11.9 Å². The van der Waals surface area contributed by atoms with Gasteiger partial charge in [-0.25, -0.2) is 9.50 Å². The van der Waals surface area contributed by atoms with Crippen molar-refractivity contribution in [1.29, 1.82) is 0 Å². The topological polar surface area (TPSA) is 114 Å². The quantitative estimate of drug-likeness (QED) is 0.420. The van der Waals surface area contributed by atoms with Gasteiger partial charge in [-0.3, -0.25) is 14.7 Å². The number of amides is 1. The van der Waals surface area contributed by atoms with Crippen molar-refractivity contribution in [3.05, 3.63) is 42.0 Å². The molecular formula is C26H33N7O2. The van der Waals surface area contributed by atoms with Gasteiger partial charge in [-0.1, -0.05) is 13.8 Å². The number of hydrogen-bond acceptors (Lipinski definition) is 6. The number of aromatic amines is 1. The summed E-state index contributed by atoms with van der Waals surface area (Å²) in [6, 6.07) is 6.72. The van der Waals surface area contributed by atoms with Gasteiger partial charge in [0.1, 0.15) is 6.33 Å². The third kappa shape index (κ3) is 4.36. The van der Waals surface area contributed by atoms with E-state index in [0.29, 0.717) is 29.9 Å². The van der Waals surface area contributed by atoms with Crippen molar-refractivity contribution in [2.75, 3.05) is 20.7 Å². The second-order valence-electron chi connectivity index (χ2n) is 9.91. The summed E-state index contributed by atoms with van der Waals surface area (Å²) in [6.45, 7) is 4.71. The zero-order chi connectivity index (χ0) is 24.7. The molecule has 1 fully saturated rings. The second-order valence-corrected chi connectivity index (χ2v) is 9.91. The molecule has 35 heavy (non-hydrogen) atoms. The molecule has 3 N–H and O–H groups in total. The standard InChI is InChI=1S/C26H33N7O2/c1-15(2)23-24(17-11-21(35-4)26-28-14-29-33(26)12-17)31-20-10-9-19(30-25(20)23)16-5-7-18(8-6-16)32(3)13-22(27)34/h9-12,14-16,18,31H,5-8,13H2,1-4H3,(H2,27,34). The number of H-pyrrole nitrogens is 1. The Morgan fingerprint density at radius 3 is 2.74 bits per heavy atom. The van der Waals surface area contributed by atoms with Crippen LogP contribution in [0.15, 0.2) is 30.7 Å². The highest BCUT2D eigenvalue weighted by atomic mass is 16.5. The van der Waals surface area contributed by atoms with E-state index < -0.39 is 0 Å². The number of ether oxygens (including phenoxy) is 1. The molecule has 0 bridgehead atoms. The lowest BCUT2D eigenvalue weighted by Gasteiger charge is -2.33. The Hall–Kier alpha value is -3.46. The average molecular weight is 476 g/mol. The first-order valence-electron chi connectivity index (χ1n) is 12.2. The molecule has 1 saturated carbocycles. The van der Waals surface area contributed by atoms with Gasteiger partial charge in [-0.15, -0.1) is 0 Å². The maximum absolute atomic E-state index is 11.3. The summed E-state index contributed by atoms with van der Waals surface area (Å²) >= 11 is 0. The number of pyridine rings is 2. The number of nitrogens with zero attached hydrogens (tertiary/aromatic N) is 5. The number of nitrogens with two attached hydrogens (primary N) is 1. The Morgan fingerprint density at radius 1 is 1.29 bits per heavy atom. The Balaban J connectivity index is 1.48. The molecule has 1 aliphatic carbocycles. The molecule has 184 valence electrons. The summed E-state index contributed by atoms with van der Waals surface area (Å²) in [7, 11) is 3.64. The van der Waals surface area contributed by atoms with Crippen LogP contribution in [0, 0.1) is 0 Å². The number of aromatic nitrogens is 5. The molecule has 4 aromatic heterocycles. The molecule has 0 atom stereocenters. The summed E-state index contributed by atoms with van der Waals surface area (Å²) in [5.41, 5.74) is 12.5. The van der Waals surface area contributed by atoms with Gasteiger partial charge in [0.25, 0.3) is 0 Å². The number of likely N-dealkylation sites (N-methyl/N-ethyl adjacent to an activating group) is 1. The lowest BCUT2D eigenvalue weighted by Crippen LogP contribution is -2.40. The Labute approximate surface area is 204 Å². The molecule has 0 spiro atoms. The number of rotatable bonds is 7. The van der Waals surface area contributed by atoms with Gasteiger partial charge < -0.3 is 15.5 Å². The van der Waals surface area contributed by atoms with Crippen molar-refractivity contribution in [1.82, 2.24) is 29.5 Å². The molecule has 1 aliphatic rings. The van der Waals surface area contributed by atoms with Crippen LogP contribution >= 0.6 is 0 Å². The first kappa shape index (κ1) is 23.3. The second kappa shape index (κ2) is 9.30. The Bertz CT molecular complexity index is 1370. The van der Waals surface area contributed by atoms with Crippen LogP contribution < -0.4 is 10.5 Å². The van der Waals surface area contributed by atoms with Crippen LogP contribution in [0.3, 0.4) is 0 Å². The Morgan fingerprint density at radius 2 is 2.06 bits per heavy atom. The maximum atomic E-state index is 11.3. The minimum Gasteiger partial charge on any atom is -0.493 e. The van der Waals surface area contributed by atoms with Crippen LogP contribution in [0.4, 0.5) is 0 Å². The number of carbonyl (C=O) groups excluding carboxylic acids is 1. The third-order valence-corrected chi connectivity index (χ3v) is 7.27. The molecular weight excluding hydrogens is 442 g/mol. The number of methoxy groups -OCH3 is 1. The van der Waals surface area contributed by atoms with Crippen molar-refractivity contribution in [2.45, 2.75) is 57.4 Å². The highest BCUT2D eigenvalue weighted by molar-refractivity contribution is 5.89. The number of primary amides is 1. The number of fused-ring (bicyclic) bond motifs is 2. The van der Waals surface area contributed by atoms with Crippen LogP contribution in [0.2, 0.25) is 0 Å². The normalized spacial score (nSPS) is 18.7. The van der Waals surface area contributed by atoms with Gasteiger partial charge in [0.15, 0.2) is 11.4 Å². The molecule has 5 rings (SSSR count). The summed E-state index contributed by atoms with van der Waals surface area (Å²) in [5, 5.41) is 4.32. The van der Waals surface area contributed by atoms with Crippen molar-refractivity contribution in [2.24, 2.45) is 5.73 Å². The van der Waals surface area contributed by atoms with Crippen LogP contribution in [-0.2, 0) is 4.79 Å². The van der Waals surface area contributed by atoms with Gasteiger partial charge in [0, 0.05) is 35.0 Å². The van der Waals surface area contributed by atoms with Gasteiger partial charge in [0.2, 0.25) is 5.91 Å². The van der Waals surface area contributed by atoms with E-state index in [2.05, 4.69) is 45.9 Å². The molecule has 0 aliphatic heterocycles. The first-order chi connectivity index (χ1) is 16.9. The minimum atomic E-state index is -0.271. The molecule has 0 aromatic carbocycles. The van der Waals surface area contributed by atoms with E-state index in [-0.39, 0.29) is 11.8 Å². The number of nitrogens with one attached hydrogen (secondary N) is 1. The van der Waals surface area contributed by atoms with E-state index in [1.54, 1.807) is 11.6 Å². The first-order valence-corrected chi connectivity index (χ1v) is 12.2. The van der Waals surface area contributed by atoms with Gasteiger partial charge >= 0.3 is 0 Å². The van der Waals surface area contributed by atoms with Crippen molar-refractivity contribution in [3.63, 3.8) is 0 Å². The molecule has 0 saturated heterocycles. The van der Waals surface area contributed by atoms with E-state index in [9.17, 15) is 4.79 Å². The molecule has 1 amide bonds. The molecule has 4 aromatic rings. The summed E-state index contributed by atoms with van der Waals surface area (Å²) in [5.74, 6) is 1.10. The van der Waals surface area contributed by atoms with Crippen molar-refractivity contribution < 1.29 is 9.53 Å². The summed E-state index contributed by atoms with van der Waals surface area (Å²) in [6.07, 6.45) is 7.71. The highest BCUT2D eigenvalue weighted by Gasteiger charge is 2.27. The van der Waals surface area contributed by atoms with E-state index in [0.717, 1.165) is 53.7 Å². The highest BCUT2D eigenvalue weighted by Crippen LogP contribution is 2.39. The van der Waals surface area contributed by atoms with Gasteiger partial charge in [-0.05, 0) is 56.8 Å². The van der Waals surface area contributed by atoms with E-state index >= 15 is 0 Å². The van der Waals surface area contributed by atoms with Crippen molar-refractivity contribution in [3.8, 4) is 17.0 Å². The number of hydrogen-bond donors (Lipinski definition) is 2. The predicted molar refractivity (Wildman–Crippen MR) is 136 cm³/mol. The van der Waals surface area contributed by atoms with Crippen LogP contribution in [0.25, 0.3) is 27.9 Å². The molecule has 0 unspecified atom stereocenters. The lowest BCUT2D eigenvalue weighted by molar-refractivity contribution is -0.119. The average Bonchev–Trinajstić information content (AvgIpc) is 3.47. The van der Waals surface area contributed by atoms with Crippen molar-refractivity contribution >= 4 is 22.6 Å². The molecule has 9 heteroatoms.